The lowest BCUT2D eigenvalue weighted by Gasteiger charge is -2.14. The summed E-state index contributed by atoms with van der Waals surface area (Å²) in [6.07, 6.45) is 0.836. The molecule has 1 fully saturated rings. The highest BCUT2D eigenvalue weighted by molar-refractivity contribution is 6.00. The van der Waals surface area contributed by atoms with Crippen molar-refractivity contribution in [2.24, 2.45) is 5.92 Å². The predicted octanol–water partition coefficient (Wildman–Crippen LogP) is 3.14. The van der Waals surface area contributed by atoms with Gasteiger partial charge in [0.25, 0.3) is 5.91 Å². The molecule has 2 unspecified atom stereocenters. The summed E-state index contributed by atoms with van der Waals surface area (Å²) >= 11 is 0. The zero-order chi connectivity index (χ0) is 20.2. The van der Waals surface area contributed by atoms with Gasteiger partial charge in [0, 0.05) is 26.2 Å². The molecule has 0 spiro atoms. The summed E-state index contributed by atoms with van der Waals surface area (Å²) in [7, 11) is 1.52. The van der Waals surface area contributed by atoms with Crippen LogP contribution in [0.3, 0.4) is 0 Å². The molecule has 1 N–H and O–H groups in total. The summed E-state index contributed by atoms with van der Waals surface area (Å²) in [4.78, 5) is 24.3. The molecule has 1 aromatic heterocycles. The lowest BCUT2D eigenvalue weighted by Crippen LogP contribution is -2.30. The normalized spacial score (nSPS) is 17.3. The topological polar surface area (TPSA) is 90.7 Å². The molecule has 1 saturated heterocycles. The van der Waals surface area contributed by atoms with Crippen molar-refractivity contribution in [3.05, 3.63) is 65.0 Å². The Morgan fingerprint density at radius 2 is 2.14 bits per heavy atom. The molecule has 0 aliphatic carbocycles. The summed E-state index contributed by atoms with van der Waals surface area (Å²) in [5.74, 6) is 0.0452. The number of hydrogen-bond donors (Lipinski definition) is 1. The number of carbonyl (C=O) groups is 2. The first-order valence-electron chi connectivity index (χ1n) is 9.53. The molecule has 29 heavy (non-hydrogen) atoms. The van der Waals surface area contributed by atoms with Crippen LogP contribution in [0, 0.1) is 5.92 Å². The molecule has 4 rings (SSSR count). The maximum atomic E-state index is 12.5. The van der Waals surface area contributed by atoms with E-state index in [1.807, 2.05) is 42.5 Å². The van der Waals surface area contributed by atoms with Crippen molar-refractivity contribution in [3.63, 3.8) is 0 Å². The monoisotopic (exact) mass is 394 g/mol. The summed E-state index contributed by atoms with van der Waals surface area (Å²) in [6.45, 7) is 1.80. The molecule has 2 heterocycles. The Morgan fingerprint density at radius 1 is 1.31 bits per heavy atom. The van der Waals surface area contributed by atoms with E-state index in [1.54, 1.807) is 0 Å². The van der Waals surface area contributed by atoms with E-state index in [0.717, 1.165) is 22.8 Å². The number of nitrogens with one attached hydrogen (secondary N) is 1. The molecule has 1 aliphatic rings. The second-order valence-corrected chi connectivity index (χ2v) is 7.09. The standard InChI is InChI=1S/C22H22N2O5/c1-27-20(17-7-6-15-4-2-3-5-16(15)10-17)21-18(12-25)19(24-29-21)22(26)23-11-14-8-9-28-13-14/h2-7,10,12,14,20H,8-9,11,13H2,1H3,(H,23,26). The van der Waals surface area contributed by atoms with E-state index in [0.29, 0.717) is 26.0 Å². The molecule has 3 aromatic rings. The van der Waals surface area contributed by atoms with Crippen LogP contribution in [0.25, 0.3) is 10.8 Å². The Hall–Kier alpha value is -3.03. The van der Waals surface area contributed by atoms with Crippen molar-refractivity contribution in [1.82, 2.24) is 10.5 Å². The van der Waals surface area contributed by atoms with Crippen LogP contribution < -0.4 is 5.32 Å². The molecule has 150 valence electrons. The highest BCUT2D eigenvalue weighted by Gasteiger charge is 2.29. The first-order chi connectivity index (χ1) is 14.2. The Bertz CT molecular complexity index is 1020. The highest BCUT2D eigenvalue weighted by Crippen LogP contribution is 2.31. The van der Waals surface area contributed by atoms with Crippen molar-refractivity contribution < 1.29 is 23.6 Å². The summed E-state index contributed by atoms with van der Waals surface area (Å²) in [5.41, 5.74) is 0.877. The first kappa shape index (κ1) is 19.3. The van der Waals surface area contributed by atoms with Gasteiger partial charge < -0.3 is 19.3 Å². The molecule has 1 amide bonds. The fourth-order valence-corrected chi connectivity index (χ4v) is 3.61. The average Bonchev–Trinajstić information content (AvgIpc) is 3.42. The number of methoxy groups -OCH3 is 1. The largest absolute Gasteiger partial charge is 0.381 e. The molecule has 1 aliphatic heterocycles. The zero-order valence-corrected chi connectivity index (χ0v) is 16.1. The second-order valence-electron chi connectivity index (χ2n) is 7.09. The number of aldehydes is 1. The molecular weight excluding hydrogens is 372 g/mol. The Labute approximate surface area is 168 Å². The van der Waals surface area contributed by atoms with E-state index in [1.165, 1.54) is 7.11 Å². The number of aromatic nitrogens is 1. The van der Waals surface area contributed by atoms with E-state index >= 15 is 0 Å². The number of hydrogen-bond acceptors (Lipinski definition) is 6. The van der Waals surface area contributed by atoms with Gasteiger partial charge in [-0.05, 0) is 28.8 Å². The number of nitrogens with zero attached hydrogens (tertiary/aromatic N) is 1. The van der Waals surface area contributed by atoms with Crippen LogP contribution in [0.15, 0.2) is 47.0 Å². The van der Waals surface area contributed by atoms with Gasteiger partial charge in [-0.3, -0.25) is 9.59 Å². The lowest BCUT2D eigenvalue weighted by molar-refractivity contribution is 0.0930. The van der Waals surface area contributed by atoms with Gasteiger partial charge in [0.2, 0.25) is 0 Å². The quantitative estimate of drug-likeness (QED) is 0.619. The minimum Gasteiger partial charge on any atom is -0.381 e. The highest BCUT2D eigenvalue weighted by atomic mass is 16.5. The van der Waals surface area contributed by atoms with Crippen molar-refractivity contribution >= 4 is 23.0 Å². The van der Waals surface area contributed by atoms with Crippen LogP contribution >= 0.6 is 0 Å². The van der Waals surface area contributed by atoms with Crippen LogP contribution in [0.5, 0.6) is 0 Å². The van der Waals surface area contributed by atoms with Gasteiger partial charge >= 0.3 is 0 Å². The third kappa shape index (κ3) is 3.92. The third-order valence-corrected chi connectivity index (χ3v) is 5.21. The average molecular weight is 394 g/mol. The molecule has 2 aromatic carbocycles. The van der Waals surface area contributed by atoms with Crippen LogP contribution in [-0.4, -0.2) is 44.2 Å². The minimum atomic E-state index is -0.655. The van der Waals surface area contributed by atoms with Crippen molar-refractivity contribution in [2.75, 3.05) is 26.9 Å². The Kier molecular flexibility index (Phi) is 5.69. The molecule has 7 nitrogen and oxygen atoms in total. The maximum Gasteiger partial charge on any atom is 0.274 e. The molecule has 0 radical (unpaired) electrons. The Morgan fingerprint density at radius 3 is 2.86 bits per heavy atom. The van der Waals surface area contributed by atoms with Crippen molar-refractivity contribution in [3.8, 4) is 0 Å². The number of amides is 1. The van der Waals surface area contributed by atoms with E-state index in [-0.39, 0.29) is 22.9 Å². The number of carbonyl (C=O) groups excluding carboxylic acids is 2. The molecule has 0 saturated carbocycles. The van der Waals surface area contributed by atoms with Crippen LogP contribution in [-0.2, 0) is 9.47 Å². The number of rotatable bonds is 7. The smallest absolute Gasteiger partial charge is 0.274 e. The van der Waals surface area contributed by atoms with Gasteiger partial charge in [-0.2, -0.15) is 0 Å². The second kappa shape index (κ2) is 8.55. The number of benzene rings is 2. The molecule has 2 atom stereocenters. The van der Waals surface area contributed by atoms with Crippen LogP contribution in [0.2, 0.25) is 0 Å². The van der Waals surface area contributed by atoms with Crippen LogP contribution in [0.1, 0.15) is 44.7 Å². The zero-order valence-electron chi connectivity index (χ0n) is 16.1. The van der Waals surface area contributed by atoms with Crippen molar-refractivity contribution in [2.45, 2.75) is 12.5 Å². The SMILES string of the molecule is COC(c1ccc2ccccc2c1)c1onc(C(=O)NCC2CCOC2)c1C=O. The summed E-state index contributed by atoms with van der Waals surface area (Å²) in [6, 6.07) is 13.8. The lowest BCUT2D eigenvalue weighted by atomic mass is 9.99. The van der Waals surface area contributed by atoms with E-state index < -0.39 is 12.0 Å². The van der Waals surface area contributed by atoms with Gasteiger partial charge in [-0.1, -0.05) is 41.6 Å². The summed E-state index contributed by atoms with van der Waals surface area (Å²) < 4.78 is 16.3. The fraction of sp³-hybridized carbons (Fsp3) is 0.318. The van der Waals surface area contributed by atoms with Crippen LogP contribution in [0.4, 0.5) is 0 Å². The van der Waals surface area contributed by atoms with Gasteiger partial charge in [-0.25, -0.2) is 0 Å². The molecule has 0 bridgehead atoms. The first-order valence-corrected chi connectivity index (χ1v) is 9.53. The Balaban J connectivity index is 1.60. The van der Waals surface area contributed by atoms with Crippen molar-refractivity contribution in [1.29, 1.82) is 0 Å². The summed E-state index contributed by atoms with van der Waals surface area (Å²) in [5, 5.41) is 8.80. The van der Waals surface area contributed by atoms with Gasteiger partial charge in [0.1, 0.15) is 6.10 Å². The van der Waals surface area contributed by atoms with E-state index in [9.17, 15) is 9.59 Å². The molecular formula is C22H22N2O5. The number of ether oxygens (including phenoxy) is 2. The van der Waals surface area contributed by atoms with Gasteiger partial charge in [0.15, 0.2) is 17.7 Å². The maximum absolute atomic E-state index is 12.5. The van der Waals surface area contributed by atoms with E-state index in [2.05, 4.69) is 10.5 Å². The van der Waals surface area contributed by atoms with E-state index in [4.69, 9.17) is 14.0 Å². The number of fused-ring (bicyclic) bond motifs is 1. The fourth-order valence-electron chi connectivity index (χ4n) is 3.61. The predicted molar refractivity (Wildman–Crippen MR) is 106 cm³/mol. The minimum absolute atomic E-state index is 0.0308. The molecule has 7 heteroatoms. The van der Waals surface area contributed by atoms with Gasteiger partial charge in [-0.15, -0.1) is 0 Å². The third-order valence-electron chi connectivity index (χ3n) is 5.21. The van der Waals surface area contributed by atoms with Gasteiger partial charge in [0.05, 0.1) is 12.2 Å².